The molecule has 7 nitrogen and oxygen atoms in total. The zero-order chi connectivity index (χ0) is 18.8. The third-order valence-electron chi connectivity index (χ3n) is 3.99. The van der Waals surface area contributed by atoms with Gasteiger partial charge in [0.05, 0.1) is 4.92 Å². The summed E-state index contributed by atoms with van der Waals surface area (Å²) >= 11 is 0. The Hall–Kier alpha value is -2.96. The zero-order valence-electron chi connectivity index (χ0n) is 14.5. The first-order valence-electron chi connectivity index (χ1n) is 8.58. The molecule has 0 atom stereocenters. The van der Waals surface area contributed by atoms with Crippen LogP contribution in [0.3, 0.4) is 0 Å². The van der Waals surface area contributed by atoms with E-state index in [1.165, 1.54) is 42.7 Å². The van der Waals surface area contributed by atoms with Gasteiger partial charge in [-0.3, -0.25) is 14.9 Å². The van der Waals surface area contributed by atoms with E-state index >= 15 is 0 Å². The minimum Gasteiger partial charge on any atom is -0.452 e. The monoisotopic (exact) mass is 358 g/mol. The van der Waals surface area contributed by atoms with Crippen LogP contribution in [0.2, 0.25) is 0 Å². The van der Waals surface area contributed by atoms with E-state index in [1.54, 1.807) is 6.07 Å². The van der Waals surface area contributed by atoms with Crippen LogP contribution < -0.4 is 5.32 Å². The molecule has 0 unspecified atom stereocenters. The van der Waals surface area contributed by atoms with Gasteiger partial charge >= 0.3 is 5.97 Å². The van der Waals surface area contributed by atoms with Gasteiger partial charge in [0.15, 0.2) is 6.61 Å². The molecule has 0 spiro atoms. The van der Waals surface area contributed by atoms with Crippen LogP contribution in [0.15, 0.2) is 42.0 Å². The van der Waals surface area contributed by atoms with Crippen molar-refractivity contribution < 1.29 is 19.2 Å². The highest BCUT2D eigenvalue weighted by molar-refractivity contribution is 5.89. The molecule has 2 rings (SSSR count). The van der Waals surface area contributed by atoms with Gasteiger partial charge in [0.25, 0.3) is 11.6 Å². The molecule has 0 bridgehead atoms. The van der Waals surface area contributed by atoms with Crippen molar-refractivity contribution in [1.29, 1.82) is 0 Å². The van der Waals surface area contributed by atoms with Crippen LogP contribution in [-0.2, 0) is 14.3 Å². The van der Waals surface area contributed by atoms with E-state index in [2.05, 4.69) is 11.4 Å². The van der Waals surface area contributed by atoms with Crippen LogP contribution >= 0.6 is 0 Å². The molecule has 1 aliphatic rings. The largest absolute Gasteiger partial charge is 0.452 e. The van der Waals surface area contributed by atoms with Gasteiger partial charge in [0, 0.05) is 24.8 Å². The van der Waals surface area contributed by atoms with Gasteiger partial charge in [0.2, 0.25) is 0 Å². The molecule has 26 heavy (non-hydrogen) atoms. The number of ether oxygens (including phenoxy) is 1. The topological polar surface area (TPSA) is 98.5 Å². The van der Waals surface area contributed by atoms with Gasteiger partial charge in [-0.1, -0.05) is 23.8 Å². The Morgan fingerprint density at radius 3 is 2.88 bits per heavy atom. The minimum atomic E-state index is -0.679. The molecule has 1 aromatic rings. The Morgan fingerprint density at radius 2 is 2.15 bits per heavy atom. The predicted molar refractivity (Wildman–Crippen MR) is 97.3 cm³/mol. The number of nitrogens with one attached hydrogen (secondary N) is 1. The molecule has 1 N–H and O–H groups in total. The summed E-state index contributed by atoms with van der Waals surface area (Å²) in [7, 11) is 0. The van der Waals surface area contributed by atoms with E-state index in [-0.39, 0.29) is 18.2 Å². The Labute approximate surface area is 151 Å². The summed E-state index contributed by atoms with van der Waals surface area (Å²) in [5.74, 6) is -1.03. The molecule has 0 aromatic heterocycles. The number of nitro groups is 1. The van der Waals surface area contributed by atoms with Crippen molar-refractivity contribution in [1.82, 2.24) is 5.32 Å². The van der Waals surface area contributed by atoms with E-state index in [0.29, 0.717) is 12.1 Å². The third kappa shape index (κ3) is 6.88. The lowest BCUT2D eigenvalue weighted by Crippen LogP contribution is -2.29. The molecule has 0 fully saturated rings. The maximum atomic E-state index is 11.7. The number of allylic oxidation sites excluding steroid dienone is 1. The Bertz CT molecular complexity index is 724. The number of nitro benzene ring substituents is 1. The Kier molecular flexibility index (Phi) is 7.54. The van der Waals surface area contributed by atoms with Crippen molar-refractivity contribution in [2.75, 3.05) is 13.2 Å². The molecule has 0 saturated carbocycles. The van der Waals surface area contributed by atoms with Gasteiger partial charge < -0.3 is 10.1 Å². The second kappa shape index (κ2) is 10.1. The number of carbonyl (C=O) groups excluding carboxylic acids is 2. The average Bonchev–Trinajstić information content (AvgIpc) is 2.66. The molecule has 0 heterocycles. The van der Waals surface area contributed by atoms with E-state index in [0.717, 1.165) is 25.3 Å². The van der Waals surface area contributed by atoms with E-state index < -0.39 is 10.9 Å². The van der Waals surface area contributed by atoms with Crippen molar-refractivity contribution in [3.63, 3.8) is 0 Å². The van der Waals surface area contributed by atoms with Crippen molar-refractivity contribution in [2.45, 2.75) is 32.1 Å². The number of non-ortho nitro benzene ring substituents is 1. The summed E-state index contributed by atoms with van der Waals surface area (Å²) in [6, 6.07) is 5.86. The predicted octanol–water partition coefficient (Wildman–Crippen LogP) is 3.16. The highest BCUT2D eigenvalue weighted by Gasteiger charge is 2.08. The van der Waals surface area contributed by atoms with Crippen LogP contribution in [0.1, 0.15) is 37.7 Å². The molecule has 0 radical (unpaired) electrons. The molecular weight excluding hydrogens is 336 g/mol. The maximum absolute atomic E-state index is 11.7. The molecule has 1 aliphatic carbocycles. The zero-order valence-corrected chi connectivity index (χ0v) is 14.5. The molecule has 138 valence electrons. The Balaban J connectivity index is 1.69. The minimum absolute atomic E-state index is 0.0621. The van der Waals surface area contributed by atoms with Gasteiger partial charge in [-0.15, -0.1) is 0 Å². The quantitative estimate of drug-likeness (QED) is 0.253. The van der Waals surface area contributed by atoms with Crippen molar-refractivity contribution in [3.05, 3.63) is 57.7 Å². The summed E-state index contributed by atoms with van der Waals surface area (Å²) in [5.41, 5.74) is 1.81. The number of amides is 1. The maximum Gasteiger partial charge on any atom is 0.331 e. The number of benzene rings is 1. The summed E-state index contributed by atoms with van der Waals surface area (Å²) in [6.45, 7) is 0.183. The normalized spacial score (nSPS) is 13.9. The van der Waals surface area contributed by atoms with E-state index in [4.69, 9.17) is 4.74 Å². The number of nitrogens with zero attached hydrogens (tertiary/aromatic N) is 1. The first-order valence-corrected chi connectivity index (χ1v) is 8.58. The Morgan fingerprint density at radius 1 is 1.31 bits per heavy atom. The summed E-state index contributed by atoms with van der Waals surface area (Å²) < 4.78 is 4.86. The molecule has 1 aromatic carbocycles. The highest BCUT2D eigenvalue weighted by atomic mass is 16.6. The van der Waals surface area contributed by atoms with Crippen molar-refractivity contribution >= 4 is 23.6 Å². The summed E-state index contributed by atoms with van der Waals surface area (Å²) in [4.78, 5) is 33.5. The first kappa shape index (κ1) is 19.4. The second-order valence-corrected chi connectivity index (χ2v) is 6.00. The number of hydrogen-bond acceptors (Lipinski definition) is 5. The summed E-state index contributed by atoms with van der Waals surface area (Å²) in [5, 5.41) is 13.4. The number of rotatable bonds is 8. The van der Waals surface area contributed by atoms with Crippen LogP contribution in [0, 0.1) is 10.1 Å². The van der Waals surface area contributed by atoms with Crippen LogP contribution in [0.4, 0.5) is 5.69 Å². The fourth-order valence-corrected chi connectivity index (χ4v) is 2.64. The fourth-order valence-electron chi connectivity index (χ4n) is 2.64. The number of hydrogen-bond donors (Lipinski definition) is 1. The van der Waals surface area contributed by atoms with Gasteiger partial charge in [-0.25, -0.2) is 4.79 Å². The van der Waals surface area contributed by atoms with Crippen LogP contribution in [0.25, 0.3) is 6.08 Å². The molecule has 1 amide bonds. The van der Waals surface area contributed by atoms with Gasteiger partial charge in [-0.05, 0) is 43.7 Å². The molecular formula is C19H22N2O5. The number of esters is 1. The first-order chi connectivity index (χ1) is 12.5. The van der Waals surface area contributed by atoms with Gasteiger partial charge in [-0.2, -0.15) is 0 Å². The van der Waals surface area contributed by atoms with Crippen LogP contribution in [-0.4, -0.2) is 30.0 Å². The smallest absolute Gasteiger partial charge is 0.331 e. The fraction of sp³-hybridized carbons (Fsp3) is 0.368. The van der Waals surface area contributed by atoms with E-state index in [9.17, 15) is 19.7 Å². The lowest BCUT2D eigenvalue weighted by atomic mass is 9.97. The van der Waals surface area contributed by atoms with Crippen molar-refractivity contribution in [3.8, 4) is 0 Å². The standard InChI is InChI=1S/C19H22N2O5/c22-18(20-12-11-15-5-2-1-3-6-15)14-26-19(23)10-9-16-7-4-8-17(13-16)21(24)25/h4-5,7-10,13H,1-3,6,11-12,14H2,(H,20,22)/b10-9+. The molecule has 7 heteroatoms. The second-order valence-electron chi connectivity index (χ2n) is 6.00. The highest BCUT2D eigenvalue weighted by Crippen LogP contribution is 2.19. The summed E-state index contributed by atoms with van der Waals surface area (Å²) in [6.07, 6.45) is 10.2. The SMILES string of the molecule is O=C(COC(=O)/C=C/c1cccc([N+](=O)[O-])c1)NCCC1=CCCCC1. The third-order valence-corrected chi connectivity index (χ3v) is 3.99. The van der Waals surface area contributed by atoms with Crippen LogP contribution in [0.5, 0.6) is 0 Å². The van der Waals surface area contributed by atoms with E-state index in [1.807, 2.05) is 0 Å². The van der Waals surface area contributed by atoms with Crippen molar-refractivity contribution in [2.24, 2.45) is 0 Å². The molecule has 0 aliphatic heterocycles. The lowest BCUT2D eigenvalue weighted by molar-refractivity contribution is -0.384. The lowest BCUT2D eigenvalue weighted by Gasteiger charge is -2.12. The van der Waals surface area contributed by atoms with Gasteiger partial charge in [0.1, 0.15) is 0 Å². The molecule has 0 saturated heterocycles. The number of carbonyl (C=O) groups is 2. The average molecular weight is 358 g/mol.